The Morgan fingerprint density at radius 2 is 1.88 bits per heavy atom. The molecule has 2 heteroatoms. The van der Waals surface area contributed by atoms with Crippen LogP contribution in [0.5, 0.6) is 0 Å². The van der Waals surface area contributed by atoms with Gasteiger partial charge in [-0.2, -0.15) is 0 Å². The molecule has 4 rings (SSSR count). The molecule has 2 aliphatic carbocycles. The van der Waals surface area contributed by atoms with Gasteiger partial charge in [0.2, 0.25) is 0 Å². The third kappa shape index (κ3) is 1.22. The smallest absolute Gasteiger partial charge is 0.0702 e. The number of nitrogens with two attached hydrogens (primary N) is 1. The molecule has 17 heavy (non-hydrogen) atoms. The van der Waals surface area contributed by atoms with Crippen molar-refractivity contribution in [1.29, 1.82) is 0 Å². The van der Waals surface area contributed by atoms with Gasteiger partial charge in [-0.05, 0) is 49.4 Å². The topological polar surface area (TPSA) is 38.9 Å². The van der Waals surface area contributed by atoms with E-state index in [2.05, 4.69) is 29.2 Å². The van der Waals surface area contributed by atoms with Crippen LogP contribution in [-0.2, 0) is 5.41 Å². The molecule has 0 atom stereocenters. The molecule has 1 aromatic carbocycles. The second-order valence-corrected chi connectivity index (χ2v) is 5.65. The molecule has 86 valence electrons. The fraction of sp³-hybridized carbons (Fsp3) is 0.400. The van der Waals surface area contributed by atoms with Crippen molar-refractivity contribution in [3.8, 4) is 0 Å². The molecule has 2 aromatic rings. The van der Waals surface area contributed by atoms with Crippen molar-refractivity contribution < 1.29 is 0 Å². The predicted molar refractivity (Wildman–Crippen MR) is 68.8 cm³/mol. The Kier molecular flexibility index (Phi) is 1.63. The molecule has 2 saturated carbocycles. The fourth-order valence-corrected chi connectivity index (χ4v) is 3.19. The van der Waals surface area contributed by atoms with E-state index in [1.807, 2.05) is 12.3 Å². The zero-order valence-corrected chi connectivity index (χ0v) is 9.82. The minimum Gasteiger partial charge on any atom is -0.324 e. The first kappa shape index (κ1) is 9.60. The van der Waals surface area contributed by atoms with E-state index in [1.54, 1.807) is 0 Å². The van der Waals surface area contributed by atoms with Crippen LogP contribution in [0.15, 0.2) is 36.5 Å². The maximum Gasteiger partial charge on any atom is 0.0702 e. The van der Waals surface area contributed by atoms with Gasteiger partial charge in [0.05, 0.1) is 5.52 Å². The van der Waals surface area contributed by atoms with Crippen LogP contribution >= 0.6 is 0 Å². The van der Waals surface area contributed by atoms with E-state index >= 15 is 0 Å². The van der Waals surface area contributed by atoms with E-state index < -0.39 is 0 Å². The van der Waals surface area contributed by atoms with Gasteiger partial charge in [-0.3, -0.25) is 4.98 Å². The van der Waals surface area contributed by atoms with Crippen molar-refractivity contribution in [2.45, 2.75) is 36.6 Å². The largest absolute Gasteiger partial charge is 0.324 e. The molecule has 0 radical (unpaired) electrons. The van der Waals surface area contributed by atoms with Gasteiger partial charge in [-0.15, -0.1) is 0 Å². The average Bonchev–Trinajstić information content (AvgIpc) is 3.24. The monoisotopic (exact) mass is 224 g/mol. The zero-order valence-electron chi connectivity index (χ0n) is 9.82. The van der Waals surface area contributed by atoms with Crippen molar-refractivity contribution in [2.75, 3.05) is 0 Å². The number of pyridine rings is 1. The standard InChI is InChI=1S/C15H16N2/c16-15(7-8-15)14(5-6-14)12-3-4-13-11(10-12)2-1-9-17-13/h1-4,9-10H,5-8,16H2. The zero-order chi connectivity index (χ0) is 11.5. The fourth-order valence-electron chi connectivity index (χ4n) is 3.19. The molecule has 2 nitrogen and oxygen atoms in total. The lowest BCUT2D eigenvalue weighted by Gasteiger charge is -2.23. The Bertz CT molecular complexity index is 595. The van der Waals surface area contributed by atoms with E-state index in [9.17, 15) is 0 Å². The quantitative estimate of drug-likeness (QED) is 0.852. The van der Waals surface area contributed by atoms with Gasteiger partial charge >= 0.3 is 0 Å². The lowest BCUT2D eigenvalue weighted by Crippen LogP contribution is -2.37. The molecule has 0 aliphatic heterocycles. The van der Waals surface area contributed by atoms with Gasteiger partial charge in [0.25, 0.3) is 0 Å². The maximum atomic E-state index is 6.45. The summed E-state index contributed by atoms with van der Waals surface area (Å²) in [6.07, 6.45) is 6.75. The molecular weight excluding hydrogens is 208 g/mol. The molecule has 0 spiro atoms. The molecule has 1 aromatic heterocycles. The highest BCUT2D eigenvalue weighted by Gasteiger charge is 2.63. The summed E-state index contributed by atoms with van der Waals surface area (Å²) >= 11 is 0. The van der Waals surface area contributed by atoms with Crippen LogP contribution in [0, 0.1) is 0 Å². The Labute approximate surface area is 101 Å². The summed E-state index contributed by atoms with van der Waals surface area (Å²) in [6, 6.07) is 10.8. The van der Waals surface area contributed by atoms with E-state index in [1.165, 1.54) is 36.6 Å². The number of benzene rings is 1. The predicted octanol–water partition coefficient (Wildman–Crippen LogP) is 2.76. The summed E-state index contributed by atoms with van der Waals surface area (Å²) < 4.78 is 0. The molecule has 0 amide bonds. The van der Waals surface area contributed by atoms with E-state index in [0.717, 1.165) is 5.52 Å². The average molecular weight is 224 g/mol. The lowest BCUT2D eigenvalue weighted by molar-refractivity contribution is 0.504. The van der Waals surface area contributed by atoms with Crippen LogP contribution in [0.25, 0.3) is 10.9 Å². The van der Waals surface area contributed by atoms with Gasteiger partial charge < -0.3 is 5.73 Å². The van der Waals surface area contributed by atoms with Crippen molar-refractivity contribution >= 4 is 10.9 Å². The van der Waals surface area contributed by atoms with Crippen LogP contribution in [0.2, 0.25) is 0 Å². The third-order valence-corrected chi connectivity index (χ3v) is 4.65. The third-order valence-electron chi connectivity index (χ3n) is 4.65. The van der Waals surface area contributed by atoms with Gasteiger partial charge in [0.1, 0.15) is 0 Å². The van der Waals surface area contributed by atoms with Crippen LogP contribution in [0.1, 0.15) is 31.2 Å². The first-order chi connectivity index (χ1) is 8.24. The highest BCUT2D eigenvalue weighted by Crippen LogP contribution is 2.63. The van der Waals surface area contributed by atoms with Crippen LogP contribution in [0.3, 0.4) is 0 Å². The first-order valence-electron chi connectivity index (χ1n) is 6.38. The highest BCUT2D eigenvalue weighted by atomic mass is 14.9. The lowest BCUT2D eigenvalue weighted by atomic mass is 9.85. The van der Waals surface area contributed by atoms with Gasteiger partial charge in [0, 0.05) is 22.5 Å². The Morgan fingerprint density at radius 3 is 2.59 bits per heavy atom. The second kappa shape index (κ2) is 2.88. The van der Waals surface area contributed by atoms with E-state index in [4.69, 9.17) is 5.73 Å². The summed E-state index contributed by atoms with van der Waals surface area (Å²) in [5, 5.41) is 1.24. The molecule has 0 unspecified atom stereocenters. The van der Waals surface area contributed by atoms with Crippen molar-refractivity contribution in [3.05, 3.63) is 42.1 Å². The Balaban J connectivity index is 1.87. The number of hydrogen-bond acceptors (Lipinski definition) is 2. The number of rotatable bonds is 2. The summed E-state index contributed by atoms with van der Waals surface area (Å²) in [5.41, 5.74) is 9.34. The van der Waals surface area contributed by atoms with Gasteiger partial charge in [-0.25, -0.2) is 0 Å². The molecule has 2 fully saturated rings. The van der Waals surface area contributed by atoms with Gasteiger partial charge in [0.15, 0.2) is 0 Å². The normalized spacial score (nSPS) is 23.6. The first-order valence-corrected chi connectivity index (χ1v) is 6.38. The summed E-state index contributed by atoms with van der Waals surface area (Å²) in [7, 11) is 0. The minimum absolute atomic E-state index is 0.100. The second-order valence-electron chi connectivity index (χ2n) is 5.65. The van der Waals surface area contributed by atoms with Gasteiger partial charge in [-0.1, -0.05) is 12.1 Å². The van der Waals surface area contributed by atoms with E-state index in [-0.39, 0.29) is 11.0 Å². The number of nitrogens with zero attached hydrogens (tertiary/aromatic N) is 1. The SMILES string of the molecule is NC1(C2(c3ccc4ncccc4c3)CC2)CC1. The van der Waals surface area contributed by atoms with Crippen LogP contribution in [-0.4, -0.2) is 10.5 Å². The number of aromatic nitrogens is 1. The molecule has 2 aliphatic rings. The summed E-state index contributed by atoms with van der Waals surface area (Å²) in [4.78, 5) is 4.37. The molecule has 0 bridgehead atoms. The van der Waals surface area contributed by atoms with E-state index in [0.29, 0.717) is 0 Å². The van der Waals surface area contributed by atoms with Crippen LogP contribution < -0.4 is 5.73 Å². The minimum atomic E-state index is 0.100. The molecular formula is C15H16N2. The maximum absolute atomic E-state index is 6.45. The van der Waals surface area contributed by atoms with Crippen molar-refractivity contribution in [3.63, 3.8) is 0 Å². The van der Waals surface area contributed by atoms with Crippen molar-refractivity contribution in [2.24, 2.45) is 5.73 Å². The summed E-state index contributed by atoms with van der Waals surface area (Å²) in [5.74, 6) is 0. The number of fused-ring (bicyclic) bond motifs is 1. The highest BCUT2D eigenvalue weighted by molar-refractivity contribution is 5.79. The Morgan fingerprint density at radius 1 is 1.06 bits per heavy atom. The Hall–Kier alpha value is -1.41. The molecule has 0 saturated heterocycles. The van der Waals surface area contributed by atoms with Crippen LogP contribution in [0.4, 0.5) is 0 Å². The summed E-state index contributed by atoms with van der Waals surface area (Å²) in [6.45, 7) is 0. The van der Waals surface area contributed by atoms with Crippen molar-refractivity contribution in [1.82, 2.24) is 4.98 Å². The molecule has 1 heterocycles. The number of hydrogen-bond donors (Lipinski definition) is 1. The molecule has 2 N–H and O–H groups in total.